The number of aromatic carboxylic acids is 2. The number of benzene rings is 1. The van der Waals surface area contributed by atoms with Crippen molar-refractivity contribution in [2.75, 3.05) is 5.32 Å². The van der Waals surface area contributed by atoms with Gasteiger partial charge in [-0.15, -0.1) is 6.58 Å². The molecule has 0 amide bonds. The van der Waals surface area contributed by atoms with Crippen LogP contribution in [-0.2, 0) is 0 Å². The van der Waals surface area contributed by atoms with Crippen molar-refractivity contribution in [1.29, 1.82) is 0 Å². The van der Waals surface area contributed by atoms with Gasteiger partial charge in [0.25, 0.3) is 0 Å². The average Bonchev–Trinajstić information content (AvgIpc) is 2.28. The highest BCUT2D eigenvalue weighted by Gasteiger charge is 2.11. The van der Waals surface area contributed by atoms with E-state index in [1.165, 1.54) is 12.1 Å². The third-order valence-corrected chi connectivity index (χ3v) is 2.17. The molecule has 1 unspecified atom stereocenters. The normalized spacial score (nSPS) is 11.6. The predicted octanol–water partition coefficient (Wildman–Crippen LogP) is 2.07. The Labute approximate surface area is 98.4 Å². The van der Waals surface area contributed by atoms with Crippen LogP contribution in [0.15, 0.2) is 30.9 Å². The highest BCUT2D eigenvalue weighted by atomic mass is 16.4. The maximum atomic E-state index is 10.8. The molecule has 0 saturated carbocycles. The van der Waals surface area contributed by atoms with Gasteiger partial charge in [0.2, 0.25) is 0 Å². The highest BCUT2D eigenvalue weighted by Crippen LogP contribution is 2.16. The van der Waals surface area contributed by atoms with Crippen LogP contribution in [0.25, 0.3) is 0 Å². The fourth-order valence-electron chi connectivity index (χ4n) is 1.28. The zero-order valence-electron chi connectivity index (χ0n) is 9.30. The Bertz CT molecular complexity index is 435. The zero-order valence-corrected chi connectivity index (χ0v) is 9.30. The summed E-state index contributed by atoms with van der Waals surface area (Å²) in [5.41, 5.74) is 0.307. The van der Waals surface area contributed by atoms with Gasteiger partial charge in [0.15, 0.2) is 0 Å². The molecule has 17 heavy (non-hydrogen) atoms. The van der Waals surface area contributed by atoms with Gasteiger partial charge in [0, 0.05) is 11.7 Å². The van der Waals surface area contributed by atoms with E-state index in [0.29, 0.717) is 5.69 Å². The Hall–Kier alpha value is -2.30. The summed E-state index contributed by atoms with van der Waals surface area (Å²) in [6.45, 7) is 5.40. The van der Waals surface area contributed by atoms with Crippen molar-refractivity contribution in [2.24, 2.45) is 0 Å². The summed E-state index contributed by atoms with van der Waals surface area (Å²) in [5.74, 6) is -2.33. The van der Waals surface area contributed by atoms with Gasteiger partial charge in [-0.1, -0.05) is 6.08 Å². The fourth-order valence-corrected chi connectivity index (χ4v) is 1.28. The van der Waals surface area contributed by atoms with Crippen LogP contribution in [-0.4, -0.2) is 28.2 Å². The minimum absolute atomic E-state index is 0.0661. The molecule has 1 aromatic rings. The van der Waals surface area contributed by atoms with Crippen molar-refractivity contribution in [3.63, 3.8) is 0 Å². The third kappa shape index (κ3) is 3.34. The summed E-state index contributed by atoms with van der Waals surface area (Å²) >= 11 is 0. The molecule has 0 aliphatic carbocycles. The van der Waals surface area contributed by atoms with Crippen LogP contribution in [0.4, 0.5) is 5.69 Å². The predicted molar refractivity (Wildman–Crippen MR) is 63.6 cm³/mol. The van der Waals surface area contributed by atoms with Gasteiger partial charge >= 0.3 is 11.9 Å². The molecule has 0 fully saturated rings. The first kappa shape index (κ1) is 12.8. The largest absolute Gasteiger partial charge is 0.478 e. The molecule has 1 atom stereocenters. The molecular formula is C12H13NO4. The molecule has 5 heteroatoms. The summed E-state index contributed by atoms with van der Waals surface area (Å²) in [7, 11) is 0. The van der Waals surface area contributed by atoms with E-state index in [9.17, 15) is 9.59 Å². The van der Waals surface area contributed by atoms with Crippen LogP contribution in [0.5, 0.6) is 0 Å². The van der Waals surface area contributed by atoms with Crippen molar-refractivity contribution in [3.8, 4) is 0 Å². The molecule has 0 saturated heterocycles. The number of hydrogen-bond acceptors (Lipinski definition) is 3. The van der Waals surface area contributed by atoms with Gasteiger partial charge < -0.3 is 15.5 Å². The lowest BCUT2D eigenvalue weighted by atomic mass is 10.1. The minimum Gasteiger partial charge on any atom is -0.478 e. The summed E-state index contributed by atoms with van der Waals surface area (Å²) in [5, 5.41) is 20.7. The summed E-state index contributed by atoms with van der Waals surface area (Å²) in [6.07, 6.45) is 1.63. The van der Waals surface area contributed by atoms with Gasteiger partial charge in [-0.2, -0.15) is 0 Å². The Morgan fingerprint density at radius 3 is 2.06 bits per heavy atom. The molecule has 0 spiro atoms. The van der Waals surface area contributed by atoms with E-state index in [0.717, 1.165) is 6.07 Å². The first-order valence-corrected chi connectivity index (χ1v) is 4.95. The first-order valence-electron chi connectivity index (χ1n) is 4.95. The zero-order chi connectivity index (χ0) is 13.0. The molecule has 0 radical (unpaired) electrons. The van der Waals surface area contributed by atoms with E-state index in [1.54, 1.807) is 6.08 Å². The lowest BCUT2D eigenvalue weighted by Crippen LogP contribution is -2.13. The lowest BCUT2D eigenvalue weighted by Gasteiger charge is -2.12. The van der Waals surface area contributed by atoms with Gasteiger partial charge in [0.05, 0.1) is 11.1 Å². The standard InChI is InChI=1S/C12H13NO4/c1-3-7(2)13-10-5-8(11(14)15)4-9(6-10)12(16)17/h3-7,13H,1H2,2H3,(H,14,15)(H,16,17). The molecular weight excluding hydrogens is 222 g/mol. The molecule has 5 nitrogen and oxygen atoms in total. The molecule has 0 bridgehead atoms. The molecule has 0 aliphatic rings. The van der Waals surface area contributed by atoms with Crippen LogP contribution in [0, 0.1) is 0 Å². The lowest BCUT2D eigenvalue weighted by molar-refractivity contribution is 0.0696. The smallest absolute Gasteiger partial charge is 0.335 e. The van der Waals surface area contributed by atoms with E-state index in [-0.39, 0.29) is 17.2 Å². The van der Waals surface area contributed by atoms with Crippen LogP contribution < -0.4 is 5.32 Å². The summed E-state index contributed by atoms with van der Waals surface area (Å²) in [4.78, 5) is 21.7. The van der Waals surface area contributed by atoms with E-state index in [1.807, 2.05) is 6.92 Å². The minimum atomic E-state index is -1.16. The maximum absolute atomic E-state index is 10.8. The second kappa shape index (κ2) is 5.16. The van der Waals surface area contributed by atoms with Crippen molar-refractivity contribution in [2.45, 2.75) is 13.0 Å². The van der Waals surface area contributed by atoms with E-state index in [2.05, 4.69) is 11.9 Å². The van der Waals surface area contributed by atoms with Crippen LogP contribution in [0.2, 0.25) is 0 Å². The molecule has 0 heterocycles. The number of rotatable bonds is 5. The molecule has 1 rings (SSSR count). The van der Waals surface area contributed by atoms with Crippen LogP contribution >= 0.6 is 0 Å². The van der Waals surface area contributed by atoms with Crippen molar-refractivity contribution in [3.05, 3.63) is 42.0 Å². The molecule has 0 aliphatic heterocycles. The number of carbonyl (C=O) groups is 2. The second-order valence-electron chi connectivity index (χ2n) is 3.58. The van der Waals surface area contributed by atoms with E-state index >= 15 is 0 Å². The fraction of sp³-hybridized carbons (Fsp3) is 0.167. The van der Waals surface area contributed by atoms with Gasteiger partial charge in [-0.05, 0) is 25.1 Å². The maximum Gasteiger partial charge on any atom is 0.335 e. The first-order chi connectivity index (χ1) is 7.93. The SMILES string of the molecule is C=CC(C)Nc1cc(C(=O)O)cc(C(=O)O)c1. The number of hydrogen-bond donors (Lipinski definition) is 3. The number of anilines is 1. The van der Waals surface area contributed by atoms with Gasteiger partial charge in [0.1, 0.15) is 0 Å². The molecule has 3 N–H and O–H groups in total. The molecule has 90 valence electrons. The van der Waals surface area contributed by atoms with Crippen molar-refractivity contribution in [1.82, 2.24) is 0 Å². The number of carboxylic acid groups (broad SMARTS) is 2. The topological polar surface area (TPSA) is 86.6 Å². The van der Waals surface area contributed by atoms with Crippen molar-refractivity contribution >= 4 is 17.6 Å². The van der Waals surface area contributed by atoms with Gasteiger partial charge in [-0.25, -0.2) is 9.59 Å². The second-order valence-corrected chi connectivity index (χ2v) is 3.58. The van der Waals surface area contributed by atoms with Gasteiger partial charge in [-0.3, -0.25) is 0 Å². The van der Waals surface area contributed by atoms with Crippen LogP contribution in [0.1, 0.15) is 27.6 Å². The molecule has 1 aromatic carbocycles. The Kier molecular flexibility index (Phi) is 3.87. The average molecular weight is 235 g/mol. The van der Waals surface area contributed by atoms with Crippen LogP contribution in [0.3, 0.4) is 0 Å². The Balaban J connectivity index is 3.16. The quantitative estimate of drug-likeness (QED) is 0.680. The van der Waals surface area contributed by atoms with Crippen molar-refractivity contribution < 1.29 is 19.8 Å². The third-order valence-electron chi connectivity index (χ3n) is 2.17. The summed E-state index contributed by atoms with van der Waals surface area (Å²) in [6, 6.07) is 3.80. The number of nitrogens with one attached hydrogen (secondary N) is 1. The van der Waals surface area contributed by atoms with E-state index in [4.69, 9.17) is 10.2 Å². The Morgan fingerprint density at radius 2 is 1.71 bits per heavy atom. The molecule has 0 aromatic heterocycles. The Morgan fingerprint density at radius 1 is 1.24 bits per heavy atom. The highest BCUT2D eigenvalue weighted by molar-refractivity contribution is 5.95. The van der Waals surface area contributed by atoms with E-state index < -0.39 is 11.9 Å². The monoisotopic (exact) mass is 235 g/mol. The summed E-state index contributed by atoms with van der Waals surface area (Å²) < 4.78 is 0. The number of carboxylic acids is 2.